The second kappa shape index (κ2) is 5.50. The molecule has 2 aromatic rings. The van der Waals surface area contributed by atoms with Crippen molar-refractivity contribution in [3.63, 3.8) is 0 Å². The fourth-order valence-corrected chi connectivity index (χ4v) is 1.75. The Kier molecular flexibility index (Phi) is 3.97. The molecule has 5 heteroatoms. The van der Waals surface area contributed by atoms with Crippen LogP contribution in [-0.2, 0) is 23.3 Å². The first-order chi connectivity index (χ1) is 9.06. The van der Waals surface area contributed by atoms with E-state index in [0.29, 0.717) is 24.7 Å². The Balaban J connectivity index is 2.21. The Bertz CT molecular complexity index is 549. The lowest BCUT2D eigenvalue weighted by Crippen LogP contribution is -2.21. The molecule has 0 aliphatic rings. The van der Waals surface area contributed by atoms with Gasteiger partial charge in [0, 0.05) is 13.7 Å². The Labute approximate surface area is 112 Å². The highest BCUT2D eigenvalue weighted by atomic mass is 16.5. The number of hydrogen-bond donors (Lipinski definition) is 1. The van der Waals surface area contributed by atoms with E-state index in [2.05, 4.69) is 10.1 Å². The van der Waals surface area contributed by atoms with Crippen molar-refractivity contribution in [2.45, 2.75) is 32.4 Å². The van der Waals surface area contributed by atoms with Crippen molar-refractivity contribution in [1.29, 1.82) is 0 Å². The standard InChI is InChI=1S/C14H19N3O2/c1-14(2,18-3)13-16-12(19-17-13)8-10-6-4-5-7-11(10)9-15/h4-7H,8-9,15H2,1-3H3. The summed E-state index contributed by atoms with van der Waals surface area (Å²) in [5.74, 6) is 1.12. The monoisotopic (exact) mass is 261 g/mol. The van der Waals surface area contributed by atoms with Gasteiger partial charge in [0.15, 0.2) is 0 Å². The molecule has 1 heterocycles. The maximum atomic E-state index is 5.71. The summed E-state index contributed by atoms with van der Waals surface area (Å²) in [5, 5.41) is 3.97. The predicted molar refractivity (Wildman–Crippen MR) is 71.5 cm³/mol. The van der Waals surface area contributed by atoms with Gasteiger partial charge in [0.05, 0.1) is 6.42 Å². The first kappa shape index (κ1) is 13.7. The highest BCUT2D eigenvalue weighted by Gasteiger charge is 2.26. The van der Waals surface area contributed by atoms with Crippen LogP contribution in [0.5, 0.6) is 0 Å². The number of nitrogens with two attached hydrogens (primary N) is 1. The molecule has 0 aliphatic carbocycles. The second-order valence-corrected chi connectivity index (χ2v) is 4.88. The van der Waals surface area contributed by atoms with Crippen LogP contribution in [-0.4, -0.2) is 17.3 Å². The van der Waals surface area contributed by atoms with Crippen molar-refractivity contribution >= 4 is 0 Å². The average Bonchev–Trinajstić information content (AvgIpc) is 2.89. The molecule has 0 spiro atoms. The summed E-state index contributed by atoms with van der Waals surface area (Å²) in [6.07, 6.45) is 0.583. The van der Waals surface area contributed by atoms with Gasteiger partial charge in [-0.2, -0.15) is 4.98 Å². The van der Waals surface area contributed by atoms with Gasteiger partial charge in [-0.05, 0) is 25.0 Å². The molecule has 2 rings (SSSR count). The van der Waals surface area contributed by atoms with Crippen LogP contribution >= 0.6 is 0 Å². The summed E-state index contributed by atoms with van der Waals surface area (Å²) in [6, 6.07) is 7.98. The van der Waals surface area contributed by atoms with Crippen LogP contribution in [0.4, 0.5) is 0 Å². The zero-order chi connectivity index (χ0) is 13.9. The number of hydrogen-bond acceptors (Lipinski definition) is 5. The maximum Gasteiger partial charge on any atom is 0.231 e. The van der Waals surface area contributed by atoms with Crippen molar-refractivity contribution < 1.29 is 9.26 Å². The van der Waals surface area contributed by atoms with Gasteiger partial charge in [-0.15, -0.1) is 0 Å². The number of ether oxygens (including phenoxy) is 1. The predicted octanol–water partition coefficient (Wildman–Crippen LogP) is 2.00. The highest BCUT2D eigenvalue weighted by Crippen LogP contribution is 2.21. The molecule has 5 nitrogen and oxygen atoms in total. The van der Waals surface area contributed by atoms with E-state index in [-0.39, 0.29) is 0 Å². The minimum absolute atomic E-state index is 0.501. The first-order valence-electron chi connectivity index (χ1n) is 6.22. The van der Waals surface area contributed by atoms with Crippen molar-refractivity contribution in [2.75, 3.05) is 7.11 Å². The smallest absolute Gasteiger partial charge is 0.231 e. The lowest BCUT2D eigenvalue weighted by molar-refractivity contribution is 0.00973. The van der Waals surface area contributed by atoms with Crippen molar-refractivity contribution in [1.82, 2.24) is 10.1 Å². The largest absolute Gasteiger partial charge is 0.371 e. The topological polar surface area (TPSA) is 74.2 Å². The molecule has 1 aromatic carbocycles. The minimum Gasteiger partial charge on any atom is -0.371 e. The second-order valence-electron chi connectivity index (χ2n) is 4.88. The number of methoxy groups -OCH3 is 1. The van der Waals surface area contributed by atoms with E-state index in [1.165, 1.54) is 0 Å². The molecule has 0 fully saturated rings. The zero-order valence-corrected chi connectivity index (χ0v) is 11.5. The normalized spacial score (nSPS) is 11.8. The molecular weight excluding hydrogens is 242 g/mol. The number of rotatable bonds is 5. The Morgan fingerprint density at radius 1 is 1.26 bits per heavy atom. The maximum absolute atomic E-state index is 5.71. The van der Waals surface area contributed by atoms with Gasteiger partial charge < -0.3 is 15.0 Å². The van der Waals surface area contributed by atoms with E-state index >= 15 is 0 Å². The number of aromatic nitrogens is 2. The fraction of sp³-hybridized carbons (Fsp3) is 0.429. The van der Waals surface area contributed by atoms with Crippen molar-refractivity contribution in [2.24, 2.45) is 5.73 Å². The van der Waals surface area contributed by atoms with Crippen LogP contribution in [0.2, 0.25) is 0 Å². The SMILES string of the molecule is COC(C)(C)c1noc(Cc2ccccc2CN)n1. The fourth-order valence-electron chi connectivity index (χ4n) is 1.75. The first-order valence-corrected chi connectivity index (χ1v) is 6.22. The molecule has 102 valence electrons. The molecule has 19 heavy (non-hydrogen) atoms. The summed E-state index contributed by atoms with van der Waals surface area (Å²) in [6.45, 7) is 4.30. The van der Waals surface area contributed by atoms with Crippen LogP contribution in [0.1, 0.15) is 36.7 Å². The van der Waals surface area contributed by atoms with E-state index in [9.17, 15) is 0 Å². The zero-order valence-electron chi connectivity index (χ0n) is 11.5. The van der Waals surface area contributed by atoms with E-state index in [1.807, 2.05) is 38.1 Å². The van der Waals surface area contributed by atoms with Gasteiger partial charge in [0.25, 0.3) is 0 Å². The summed E-state index contributed by atoms with van der Waals surface area (Å²) < 4.78 is 10.6. The third kappa shape index (κ3) is 3.00. The van der Waals surface area contributed by atoms with Gasteiger partial charge in [0.2, 0.25) is 11.7 Å². The molecule has 0 radical (unpaired) electrons. The van der Waals surface area contributed by atoms with Gasteiger partial charge in [0.1, 0.15) is 5.60 Å². The van der Waals surface area contributed by atoms with Gasteiger partial charge in [-0.1, -0.05) is 29.4 Å². The van der Waals surface area contributed by atoms with Crippen LogP contribution in [0.25, 0.3) is 0 Å². The summed E-state index contributed by atoms with van der Waals surface area (Å²) >= 11 is 0. The summed E-state index contributed by atoms with van der Waals surface area (Å²) in [5.41, 5.74) is 7.36. The van der Waals surface area contributed by atoms with E-state index in [4.69, 9.17) is 15.0 Å². The molecule has 0 aliphatic heterocycles. The third-order valence-electron chi connectivity index (χ3n) is 3.20. The molecular formula is C14H19N3O2. The molecule has 0 unspecified atom stereocenters. The molecule has 2 N–H and O–H groups in total. The lowest BCUT2D eigenvalue weighted by atomic mass is 10.0. The Morgan fingerprint density at radius 2 is 1.95 bits per heavy atom. The van der Waals surface area contributed by atoms with Gasteiger partial charge in [-0.3, -0.25) is 0 Å². The molecule has 0 atom stereocenters. The molecule has 0 bridgehead atoms. The van der Waals surface area contributed by atoms with Gasteiger partial charge in [-0.25, -0.2) is 0 Å². The van der Waals surface area contributed by atoms with E-state index in [0.717, 1.165) is 11.1 Å². The molecule has 0 amide bonds. The quantitative estimate of drug-likeness (QED) is 0.891. The average molecular weight is 261 g/mol. The summed E-state index contributed by atoms with van der Waals surface area (Å²) in [7, 11) is 1.62. The van der Waals surface area contributed by atoms with Crippen molar-refractivity contribution in [3.8, 4) is 0 Å². The molecule has 1 aromatic heterocycles. The van der Waals surface area contributed by atoms with Crippen molar-refractivity contribution in [3.05, 3.63) is 47.1 Å². The third-order valence-corrected chi connectivity index (χ3v) is 3.20. The minimum atomic E-state index is -0.546. The number of nitrogens with zero attached hydrogens (tertiary/aromatic N) is 2. The summed E-state index contributed by atoms with van der Waals surface area (Å²) in [4.78, 5) is 4.38. The highest BCUT2D eigenvalue weighted by molar-refractivity contribution is 5.29. The van der Waals surface area contributed by atoms with E-state index < -0.39 is 5.60 Å². The Morgan fingerprint density at radius 3 is 2.58 bits per heavy atom. The van der Waals surface area contributed by atoms with Crippen LogP contribution in [0.15, 0.2) is 28.8 Å². The van der Waals surface area contributed by atoms with Crippen LogP contribution < -0.4 is 5.73 Å². The van der Waals surface area contributed by atoms with Crippen LogP contribution in [0.3, 0.4) is 0 Å². The van der Waals surface area contributed by atoms with E-state index in [1.54, 1.807) is 7.11 Å². The van der Waals surface area contributed by atoms with Crippen LogP contribution in [0, 0.1) is 0 Å². The lowest BCUT2D eigenvalue weighted by Gasteiger charge is -2.17. The van der Waals surface area contributed by atoms with Gasteiger partial charge >= 0.3 is 0 Å². The Hall–Kier alpha value is -1.72. The molecule has 0 saturated heterocycles. The molecule has 0 saturated carbocycles. The number of benzene rings is 1.